The van der Waals surface area contributed by atoms with E-state index in [1.165, 1.54) is 6.08 Å². The lowest BCUT2D eigenvalue weighted by Gasteiger charge is -2.02. The van der Waals surface area contributed by atoms with Gasteiger partial charge in [-0.15, -0.1) is 0 Å². The van der Waals surface area contributed by atoms with Gasteiger partial charge >= 0.3 is 0 Å². The van der Waals surface area contributed by atoms with E-state index < -0.39 is 0 Å². The average molecular weight is 201 g/mol. The summed E-state index contributed by atoms with van der Waals surface area (Å²) < 4.78 is 14.8. The first-order valence-corrected chi connectivity index (χ1v) is 4.56. The summed E-state index contributed by atoms with van der Waals surface area (Å²) in [7, 11) is 0. The van der Waals surface area contributed by atoms with Gasteiger partial charge in [-0.3, -0.25) is 0 Å². The summed E-state index contributed by atoms with van der Waals surface area (Å²) in [4.78, 5) is 0. The molecule has 1 aromatic heterocycles. The minimum Gasteiger partial charge on any atom is -0.241 e. The van der Waals surface area contributed by atoms with Gasteiger partial charge in [0.1, 0.15) is 5.83 Å². The van der Waals surface area contributed by atoms with Gasteiger partial charge in [0.15, 0.2) is 0 Å². The van der Waals surface area contributed by atoms with Crippen LogP contribution in [0.3, 0.4) is 0 Å². The predicted molar refractivity (Wildman–Crippen MR) is 58.0 cm³/mol. The fourth-order valence-corrected chi connectivity index (χ4v) is 1.31. The van der Waals surface area contributed by atoms with Crippen LogP contribution in [0.4, 0.5) is 4.39 Å². The standard InChI is InChI=1S/C12H10FN2/c1-2-12(13)10-4-6-11(7-5-10)15-9-3-8-14-15/h2-9H,1H2/b12-2+. The van der Waals surface area contributed by atoms with E-state index in [1.54, 1.807) is 23.0 Å². The summed E-state index contributed by atoms with van der Waals surface area (Å²) in [5.74, 6) is -0.318. The minimum absolute atomic E-state index is 0.318. The molecule has 0 saturated heterocycles. The topological polar surface area (TPSA) is 17.8 Å². The second kappa shape index (κ2) is 4.09. The lowest BCUT2D eigenvalue weighted by Crippen LogP contribution is -1.93. The molecule has 75 valence electrons. The van der Waals surface area contributed by atoms with Crippen molar-refractivity contribution in [3.05, 3.63) is 61.3 Å². The summed E-state index contributed by atoms with van der Waals surface area (Å²) in [5.41, 5.74) is 1.43. The number of halogens is 1. The zero-order valence-corrected chi connectivity index (χ0v) is 8.10. The Morgan fingerprint density at radius 1 is 1.33 bits per heavy atom. The van der Waals surface area contributed by atoms with Crippen molar-refractivity contribution in [2.75, 3.05) is 0 Å². The smallest absolute Gasteiger partial charge is 0.126 e. The second-order valence-corrected chi connectivity index (χ2v) is 3.05. The monoisotopic (exact) mass is 201 g/mol. The molecule has 1 radical (unpaired) electrons. The molecule has 0 atom stereocenters. The van der Waals surface area contributed by atoms with Crippen LogP contribution in [0, 0.1) is 6.92 Å². The van der Waals surface area contributed by atoms with E-state index in [0.717, 1.165) is 5.69 Å². The molecule has 0 N–H and O–H groups in total. The van der Waals surface area contributed by atoms with Crippen molar-refractivity contribution >= 4 is 5.83 Å². The maximum atomic E-state index is 13.1. The highest BCUT2D eigenvalue weighted by Crippen LogP contribution is 2.17. The molecule has 2 aromatic rings. The molecule has 0 aliphatic heterocycles. The van der Waals surface area contributed by atoms with E-state index in [9.17, 15) is 4.39 Å². The molecule has 0 bridgehead atoms. The maximum absolute atomic E-state index is 13.1. The Hall–Kier alpha value is -1.90. The molecule has 2 nitrogen and oxygen atoms in total. The molecule has 1 heterocycles. The highest BCUT2D eigenvalue weighted by Gasteiger charge is 1.99. The lowest BCUT2D eigenvalue weighted by molar-refractivity contribution is 0.760. The zero-order valence-electron chi connectivity index (χ0n) is 8.10. The number of hydrogen-bond donors (Lipinski definition) is 0. The van der Waals surface area contributed by atoms with E-state index in [-0.39, 0.29) is 5.83 Å². The molecule has 0 spiro atoms. The van der Waals surface area contributed by atoms with Crippen molar-refractivity contribution in [1.29, 1.82) is 0 Å². The zero-order chi connectivity index (χ0) is 10.7. The fraction of sp³-hybridized carbons (Fsp3) is 0. The van der Waals surface area contributed by atoms with Crippen molar-refractivity contribution in [2.24, 2.45) is 0 Å². The Kier molecular flexibility index (Phi) is 2.63. The molecule has 15 heavy (non-hydrogen) atoms. The number of nitrogens with zero attached hydrogens (tertiary/aromatic N) is 2. The van der Waals surface area contributed by atoms with Gasteiger partial charge in [-0.05, 0) is 43.3 Å². The number of hydrogen-bond acceptors (Lipinski definition) is 1. The van der Waals surface area contributed by atoms with Gasteiger partial charge in [0.2, 0.25) is 0 Å². The summed E-state index contributed by atoms with van der Waals surface area (Å²) >= 11 is 0. The Bertz CT molecular complexity index is 455. The van der Waals surface area contributed by atoms with E-state index in [2.05, 4.69) is 12.0 Å². The molecule has 0 fully saturated rings. The summed E-state index contributed by atoms with van der Waals surface area (Å²) in [5, 5.41) is 4.08. The number of benzene rings is 1. The fourth-order valence-electron chi connectivity index (χ4n) is 1.31. The van der Waals surface area contributed by atoms with Gasteiger partial charge in [0.05, 0.1) is 5.69 Å². The molecule has 2 rings (SSSR count). The van der Waals surface area contributed by atoms with Gasteiger partial charge < -0.3 is 0 Å². The maximum Gasteiger partial charge on any atom is 0.126 e. The largest absolute Gasteiger partial charge is 0.241 e. The Morgan fingerprint density at radius 2 is 2.07 bits per heavy atom. The van der Waals surface area contributed by atoms with Crippen molar-refractivity contribution in [1.82, 2.24) is 9.78 Å². The third kappa shape index (κ3) is 1.96. The molecule has 0 unspecified atom stereocenters. The molecule has 0 aliphatic rings. The highest BCUT2D eigenvalue weighted by atomic mass is 19.1. The van der Waals surface area contributed by atoms with E-state index in [0.29, 0.717) is 5.56 Å². The van der Waals surface area contributed by atoms with Gasteiger partial charge in [0, 0.05) is 18.0 Å². The first-order chi connectivity index (χ1) is 7.31. The molecule has 0 saturated carbocycles. The number of allylic oxidation sites excluding steroid dienone is 1. The van der Waals surface area contributed by atoms with Gasteiger partial charge in [-0.25, -0.2) is 9.07 Å². The average Bonchev–Trinajstić information content (AvgIpc) is 2.82. The molecule has 3 heteroatoms. The first-order valence-electron chi connectivity index (χ1n) is 4.56. The number of aromatic nitrogens is 2. The second-order valence-electron chi connectivity index (χ2n) is 3.05. The molecule has 0 aliphatic carbocycles. The Labute approximate surface area is 87.7 Å². The van der Waals surface area contributed by atoms with Crippen LogP contribution < -0.4 is 0 Å². The predicted octanol–water partition coefficient (Wildman–Crippen LogP) is 3.02. The van der Waals surface area contributed by atoms with Crippen molar-refractivity contribution in [3.63, 3.8) is 0 Å². The van der Waals surface area contributed by atoms with Crippen LogP contribution in [0.5, 0.6) is 0 Å². The van der Waals surface area contributed by atoms with E-state index in [1.807, 2.05) is 24.4 Å². The SMILES string of the molecule is [CH2]/C=C(/F)c1ccc(-n2cccn2)cc1. The summed E-state index contributed by atoms with van der Waals surface area (Å²) in [6.45, 7) is 3.38. The molecule has 1 aromatic carbocycles. The third-order valence-corrected chi connectivity index (χ3v) is 2.09. The van der Waals surface area contributed by atoms with Gasteiger partial charge in [-0.1, -0.05) is 0 Å². The van der Waals surface area contributed by atoms with Crippen LogP contribution in [-0.2, 0) is 0 Å². The Morgan fingerprint density at radius 3 is 2.60 bits per heavy atom. The Balaban J connectivity index is 2.33. The lowest BCUT2D eigenvalue weighted by atomic mass is 10.2. The normalized spacial score (nSPS) is 11.7. The summed E-state index contributed by atoms with van der Waals surface area (Å²) in [6, 6.07) is 8.86. The van der Waals surface area contributed by atoms with Crippen molar-refractivity contribution in [3.8, 4) is 5.69 Å². The van der Waals surface area contributed by atoms with E-state index in [4.69, 9.17) is 0 Å². The summed E-state index contributed by atoms with van der Waals surface area (Å²) in [6.07, 6.45) is 4.73. The molecular weight excluding hydrogens is 191 g/mol. The van der Waals surface area contributed by atoms with Gasteiger partial charge in [-0.2, -0.15) is 5.10 Å². The van der Waals surface area contributed by atoms with Crippen LogP contribution in [-0.4, -0.2) is 9.78 Å². The van der Waals surface area contributed by atoms with E-state index >= 15 is 0 Å². The van der Waals surface area contributed by atoms with Crippen LogP contribution in [0.15, 0.2) is 48.8 Å². The first kappa shape index (κ1) is 9.65. The van der Waals surface area contributed by atoms with Crippen LogP contribution in [0.25, 0.3) is 11.5 Å². The molecule has 0 amide bonds. The van der Waals surface area contributed by atoms with Crippen LogP contribution in [0.1, 0.15) is 5.56 Å². The van der Waals surface area contributed by atoms with Crippen LogP contribution >= 0.6 is 0 Å². The molecular formula is C12H10FN2. The van der Waals surface area contributed by atoms with Crippen molar-refractivity contribution in [2.45, 2.75) is 0 Å². The van der Waals surface area contributed by atoms with Crippen LogP contribution in [0.2, 0.25) is 0 Å². The van der Waals surface area contributed by atoms with Gasteiger partial charge in [0.25, 0.3) is 0 Å². The highest BCUT2D eigenvalue weighted by molar-refractivity contribution is 5.60. The van der Waals surface area contributed by atoms with Crippen molar-refractivity contribution < 1.29 is 4.39 Å². The third-order valence-electron chi connectivity index (χ3n) is 2.09. The number of rotatable bonds is 2. The minimum atomic E-state index is -0.318. The quantitative estimate of drug-likeness (QED) is 0.730.